The van der Waals surface area contributed by atoms with Gasteiger partial charge in [-0.15, -0.1) is 0 Å². The summed E-state index contributed by atoms with van der Waals surface area (Å²) in [5.41, 5.74) is 4.57. The minimum Gasteiger partial charge on any atom is -0.390 e. The first-order valence-corrected chi connectivity index (χ1v) is 9.36. The maximum atomic E-state index is 10.4. The van der Waals surface area contributed by atoms with Crippen molar-refractivity contribution in [2.75, 3.05) is 5.75 Å². The van der Waals surface area contributed by atoms with Crippen molar-refractivity contribution in [3.05, 3.63) is 42.0 Å². The molecule has 0 aliphatic heterocycles. The maximum absolute atomic E-state index is 10.4. The summed E-state index contributed by atoms with van der Waals surface area (Å²) in [6, 6.07) is 4.88. The molecule has 0 bridgehead atoms. The van der Waals surface area contributed by atoms with Gasteiger partial charge in [-0.3, -0.25) is 0 Å². The van der Waals surface area contributed by atoms with Gasteiger partial charge < -0.3 is 14.2 Å². The van der Waals surface area contributed by atoms with Crippen LogP contribution >= 0.6 is 11.8 Å². The lowest BCUT2D eigenvalue weighted by Crippen LogP contribution is -2.18. The molecule has 4 rings (SSSR count). The summed E-state index contributed by atoms with van der Waals surface area (Å²) in [6.07, 6.45) is 7.77. The Balaban J connectivity index is 1.43. The van der Waals surface area contributed by atoms with Crippen molar-refractivity contribution in [2.45, 2.75) is 50.5 Å². The third-order valence-corrected chi connectivity index (χ3v) is 5.75. The van der Waals surface area contributed by atoms with Crippen molar-refractivity contribution in [3.8, 4) is 0 Å². The van der Waals surface area contributed by atoms with E-state index in [9.17, 15) is 5.11 Å². The zero-order valence-electron chi connectivity index (χ0n) is 14.0. The SMILES string of the molecule is Cc1cc2ncn(C[C@@H](O)CSc3nccn3C3CC3)c2cc1C. The van der Waals surface area contributed by atoms with Gasteiger partial charge in [0, 0.05) is 24.2 Å². The van der Waals surface area contributed by atoms with Gasteiger partial charge in [0.05, 0.1) is 30.0 Å². The van der Waals surface area contributed by atoms with Crippen LogP contribution in [0.5, 0.6) is 0 Å². The summed E-state index contributed by atoms with van der Waals surface area (Å²) in [5.74, 6) is 0.633. The molecule has 1 aliphatic rings. The van der Waals surface area contributed by atoms with E-state index < -0.39 is 6.10 Å². The zero-order chi connectivity index (χ0) is 16.7. The fraction of sp³-hybridized carbons (Fsp3) is 0.444. The standard InChI is InChI=1S/C18H22N4OS/c1-12-7-16-17(8-13(12)2)21(11-20-16)9-15(23)10-24-18-19-5-6-22(18)14-3-4-14/h5-8,11,14-15,23H,3-4,9-10H2,1-2H3/t15-/m1/s1. The molecule has 0 radical (unpaired) electrons. The molecule has 1 aromatic carbocycles. The minimum atomic E-state index is -0.432. The molecule has 0 unspecified atom stereocenters. The number of thioether (sulfide) groups is 1. The second kappa shape index (κ2) is 6.26. The Bertz CT molecular complexity index is 865. The first kappa shape index (κ1) is 15.7. The lowest BCUT2D eigenvalue weighted by Gasteiger charge is -2.13. The Morgan fingerprint density at radius 2 is 2.04 bits per heavy atom. The van der Waals surface area contributed by atoms with Gasteiger partial charge in [0.1, 0.15) is 0 Å². The molecule has 1 N–H and O–H groups in total. The van der Waals surface area contributed by atoms with Gasteiger partial charge in [-0.25, -0.2) is 9.97 Å². The number of benzene rings is 1. The van der Waals surface area contributed by atoms with E-state index in [0.29, 0.717) is 18.3 Å². The lowest BCUT2D eigenvalue weighted by molar-refractivity contribution is 0.179. The van der Waals surface area contributed by atoms with Crippen LogP contribution < -0.4 is 0 Å². The van der Waals surface area contributed by atoms with Gasteiger partial charge in [0.25, 0.3) is 0 Å². The fourth-order valence-electron chi connectivity index (χ4n) is 2.95. The third kappa shape index (κ3) is 3.08. The number of nitrogens with zero attached hydrogens (tertiary/aromatic N) is 4. The van der Waals surface area contributed by atoms with Crippen molar-refractivity contribution in [2.24, 2.45) is 0 Å². The topological polar surface area (TPSA) is 55.9 Å². The number of imidazole rings is 2. The average Bonchev–Trinajstić information content (AvgIpc) is 3.19. The largest absolute Gasteiger partial charge is 0.390 e. The summed E-state index contributed by atoms with van der Waals surface area (Å²) >= 11 is 1.63. The van der Waals surface area contributed by atoms with E-state index >= 15 is 0 Å². The number of hydrogen-bond acceptors (Lipinski definition) is 4. The molecule has 2 heterocycles. The van der Waals surface area contributed by atoms with E-state index in [1.807, 2.05) is 23.3 Å². The zero-order valence-corrected chi connectivity index (χ0v) is 14.8. The quantitative estimate of drug-likeness (QED) is 0.698. The molecule has 1 aliphatic carbocycles. The summed E-state index contributed by atoms with van der Waals surface area (Å²) < 4.78 is 4.27. The van der Waals surface area contributed by atoms with Gasteiger partial charge in [0.15, 0.2) is 5.16 Å². The molecule has 0 spiro atoms. The number of aliphatic hydroxyl groups excluding tert-OH is 1. The Hall–Kier alpha value is -1.79. The molecule has 3 aromatic rings. The number of hydrogen-bond donors (Lipinski definition) is 1. The molecule has 1 atom stereocenters. The highest BCUT2D eigenvalue weighted by molar-refractivity contribution is 7.99. The number of aromatic nitrogens is 4. The molecule has 0 saturated heterocycles. The number of aryl methyl sites for hydroxylation is 2. The summed E-state index contributed by atoms with van der Waals surface area (Å²) in [7, 11) is 0. The molecular weight excluding hydrogens is 320 g/mol. The lowest BCUT2D eigenvalue weighted by atomic mass is 10.1. The molecule has 1 fully saturated rings. The van der Waals surface area contributed by atoms with Crippen molar-refractivity contribution >= 4 is 22.8 Å². The van der Waals surface area contributed by atoms with Crippen LogP contribution in [-0.2, 0) is 6.54 Å². The highest BCUT2D eigenvalue weighted by Crippen LogP contribution is 2.37. The van der Waals surface area contributed by atoms with E-state index in [4.69, 9.17) is 0 Å². The molecule has 1 saturated carbocycles. The molecule has 24 heavy (non-hydrogen) atoms. The number of rotatable bonds is 6. The second-order valence-electron chi connectivity index (χ2n) is 6.64. The Kier molecular flexibility index (Phi) is 4.10. The first-order chi connectivity index (χ1) is 11.6. The van der Waals surface area contributed by atoms with Crippen LogP contribution in [0.25, 0.3) is 11.0 Å². The van der Waals surface area contributed by atoms with E-state index in [1.54, 1.807) is 11.8 Å². The molecule has 0 amide bonds. The van der Waals surface area contributed by atoms with Crippen LogP contribution in [0.15, 0.2) is 36.0 Å². The Morgan fingerprint density at radius 1 is 1.25 bits per heavy atom. The highest BCUT2D eigenvalue weighted by Gasteiger charge is 2.25. The van der Waals surface area contributed by atoms with Gasteiger partial charge in [-0.2, -0.15) is 0 Å². The molecule has 2 aromatic heterocycles. The molecule has 6 heteroatoms. The predicted molar refractivity (Wildman–Crippen MR) is 96.4 cm³/mol. The van der Waals surface area contributed by atoms with E-state index in [0.717, 1.165) is 16.2 Å². The maximum Gasteiger partial charge on any atom is 0.168 e. The smallest absolute Gasteiger partial charge is 0.168 e. The third-order valence-electron chi connectivity index (χ3n) is 4.62. The molecule has 126 valence electrons. The summed E-state index contributed by atoms with van der Waals surface area (Å²) in [6.45, 7) is 4.76. The van der Waals surface area contributed by atoms with Crippen LogP contribution in [0, 0.1) is 13.8 Å². The second-order valence-corrected chi connectivity index (χ2v) is 7.62. The van der Waals surface area contributed by atoms with Gasteiger partial charge in [0.2, 0.25) is 0 Å². The monoisotopic (exact) mass is 342 g/mol. The molecule has 5 nitrogen and oxygen atoms in total. The molecular formula is C18H22N4OS. The summed E-state index contributed by atoms with van der Waals surface area (Å²) in [5, 5.41) is 11.5. The van der Waals surface area contributed by atoms with E-state index in [-0.39, 0.29) is 0 Å². The first-order valence-electron chi connectivity index (χ1n) is 8.37. The summed E-state index contributed by atoms with van der Waals surface area (Å²) in [4.78, 5) is 8.87. The fourth-order valence-corrected chi connectivity index (χ4v) is 3.89. The number of fused-ring (bicyclic) bond motifs is 1. The highest BCUT2D eigenvalue weighted by atomic mass is 32.2. The van der Waals surface area contributed by atoms with Crippen LogP contribution in [0.3, 0.4) is 0 Å². The van der Waals surface area contributed by atoms with Gasteiger partial charge >= 0.3 is 0 Å². The Labute approximate surface area is 145 Å². The van der Waals surface area contributed by atoms with Gasteiger partial charge in [-0.05, 0) is 49.9 Å². The average molecular weight is 342 g/mol. The van der Waals surface area contributed by atoms with Crippen molar-refractivity contribution < 1.29 is 5.11 Å². The minimum absolute atomic E-state index is 0.432. The van der Waals surface area contributed by atoms with Crippen molar-refractivity contribution in [3.63, 3.8) is 0 Å². The van der Waals surface area contributed by atoms with Crippen LogP contribution in [0.1, 0.15) is 30.0 Å². The number of aliphatic hydroxyl groups is 1. The van der Waals surface area contributed by atoms with Crippen molar-refractivity contribution in [1.82, 2.24) is 19.1 Å². The normalized spacial score (nSPS) is 16.0. The van der Waals surface area contributed by atoms with Crippen molar-refractivity contribution in [1.29, 1.82) is 0 Å². The van der Waals surface area contributed by atoms with Crippen LogP contribution in [0.2, 0.25) is 0 Å². The van der Waals surface area contributed by atoms with Gasteiger partial charge in [-0.1, -0.05) is 11.8 Å². The predicted octanol–water partition coefficient (Wildman–Crippen LogP) is 3.34. The van der Waals surface area contributed by atoms with Crippen LogP contribution in [-0.4, -0.2) is 36.1 Å². The Morgan fingerprint density at radius 3 is 2.83 bits per heavy atom. The van der Waals surface area contributed by atoms with E-state index in [2.05, 4.69) is 40.5 Å². The van der Waals surface area contributed by atoms with Crippen LogP contribution in [0.4, 0.5) is 0 Å². The van der Waals surface area contributed by atoms with E-state index in [1.165, 1.54) is 24.0 Å².